The van der Waals surface area contributed by atoms with Crippen LogP contribution in [0.4, 0.5) is 11.4 Å². The van der Waals surface area contributed by atoms with E-state index in [2.05, 4.69) is 4.72 Å². The van der Waals surface area contributed by atoms with Gasteiger partial charge in [-0.15, -0.1) is 0 Å². The third kappa shape index (κ3) is 3.87. The Hall–Kier alpha value is -2.87. The summed E-state index contributed by atoms with van der Waals surface area (Å²) in [6.45, 7) is 3.73. The van der Waals surface area contributed by atoms with Crippen LogP contribution in [-0.2, 0) is 19.6 Å². The van der Waals surface area contributed by atoms with E-state index in [1.807, 2.05) is 26.0 Å². The number of nitrogens with one attached hydrogen (secondary N) is 1. The maximum atomic E-state index is 13.0. The average Bonchev–Trinajstić information content (AvgIpc) is 2.64. The molecule has 148 valence electrons. The first kappa shape index (κ1) is 19.9. The predicted molar refractivity (Wildman–Crippen MR) is 106 cm³/mol. The van der Waals surface area contributed by atoms with Gasteiger partial charge in [0.1, 0.15) is 10.6 Å². The largest absolute Gasteiger partial charge is 0.495 e. The van der Waals surface area contributed by atoms with Crippen molar-refractivity contribution in [2.75, 3.05) is 16.7 Å². The van der Waals surface area contributed by atoms with Gasteiger partial charge in [-0.25, -0.2) is 8.42 Å². The summed E-state index contributed by atoms with van der Waals surface area (Å²) < 4.78 is 33.8. The Bertz CT molecular complexity index is 1030. The molecule has 8 heteroatoms. The lowest BCUT2D eigenvalue weighted by atomic mass is 10.1. The fourth-order valence-electron chi connectivity index (χ4n) is 3.18. The van der Waals surface area contributed by atoms with Crippen LogP contribution in [0.2, 0.25) is 0 Å². The van der Waals surface area contributed by atoms with Crippen molar-refractivity contribution in [1.29, 1.82) is 0 Å². The van der Waals surface area contributed by atoms with E-state index < -0.39 is 10.0 Å². The molecule has 0 aromatic heterocycles. The third-order valence-electron chi connectivity index (χ3n) is 4.60. The molecule has 1 aliphatic heterocycles. The SMILES string of the molecule is COc1ccc(N2C(=O)CCCC2=O)cc1S(=O)(=O)Nc1ccc(C)cc1C. The van der Waals surface area contributed by atoms with Crippen molar-refractivity contribution < 1.29 is 22.7 Å². The van der Waals surface area contributed by atoms with Crippen molar-refractivity contribution in [3.8, 4) is 5.75 Å². The Balaban J connectivity index is 2.04. The van der Waals surface area contributed by atoms with Gasteiger partial charge >= 0.3 is 0 Å². The minimum atomic E-state index is -4.01. The number of imide groups is 1. The molecule has 0 unspecified atom stereocenters. The highest BCUT2D eigenvalue weighted by molar-refractivity contribution is 7.92. The normalized spacial score (nSPS) is 14.9. The number of hydrogen-bond donors (Lipinski definition) is 1. The standard InChI is InChI=1S/C20H22N2O5S/c1-13-7-9-16(14(2)11-13)21-28(25,26)18-12-15(8-10-17(18)27-3)22-19(23)5-4-6-20(22)24/h7-12,21H,4-6H2,1-3H3. The lowest BCUT2D eigenvalue weighted by Gasteiger charge is -2.25. The molecule has 28 heavy (non-hydrogen) atoms. The van der Waals surface area contributed by atoms with Crippen LogP contribution in [0.1, 0.15) is 30.4 Å². The highest BCUT2D eigenvalue weighted by Gasteiger charge is 2.30. The number of ether oxygens (including phenoxy) is 1. The van der Waals surface area contributed by atoms with Crippen molar-refractivity contribution >= 4 is 33.2 Å². The predicted octanol–water partition coefficient (Wildman–Crippen LogP) is 3.16. The quantitative estimate of drug-likeness (QED) is 0.776. The first-order chi connectivity index (χ1) is 13.2. The van der Waals surface area contributed by atoms with Crippen LogP contribution in [0.25, 0.3) is 0 Å². The molecule has 0 aliphatic carbocycles. The number of nitrogens with zero attached hydrogens (tertiary/aromatic N) is 1. The van der Waals surface area contributed by atoms with E-state index in [1.54, 1.807) is 6.07 Å². The number of sulfonamides is 1. The second-order valence-corrected chi connectivity index (χ2v) is 8.39. The Kier molecular flexibility index (Phi) is 5.42. The lowest BCUT2D eigenvalue weighted by molar-refractivity contribution is -0.129. The monoisotopic (exact) mass is 402 g/mol. The number of benzene rings is 2. The maximum Gasteiger partial charge on any atom is 0.265 e. The summed E-state index contributed by atoms with van der Waals surface area (Å²) in [4.78, 5) is 25.3. The molecule has 0 radical (unpaired) electrons. The van der Waals surface area contributed by atoms with E-state index in [0.717, 1.165) is 16.0 Å². The Morgan fingerprint density at radius 1 is 1.00 bits per heavy atom. The van der Waals surface area contributed by atoms with Gasteiger partial charge in [0.2, 0.25) is 11.8 Å². The van der Waals surface area contributed by atoms with Crippen LogP contribution < -0.4 is 14.4 Å². The number of methoxy groups -OCH3 is 1. The number of hydrogen-bond acceptors (Lipinski definition) is 5. The van der Waals surface area contributed by atoms with E-state index in [0.29, 0.717) is 12.1 Å². The summed E-state index contributed by atoms with van der Waals surface area (Å²) >= 11 is 0. The third-order valence-corrected chi connectivity index (χ3v) is 5.99. The van der Waals surface area contributed by atoms with Crippen LogP contribution >= 0.6 is 0 Å². The van der Waals surface area contributed by atoms with E-state index in [-0.39, 0.29) is 41.0 Å². The Morgan fingerprint density at radius 2 is 1.68 bits per heavy atom. The minimum Gasteiger partial charge on any atom is -0.495 e. The number of piperidine rings is 1. The van der Waals surface area contributed by atoms with E-state index in [1.165, 1.54) is 25.3 Å². The molecule has 1 N–H and O–H groups in total. The van der Waals surface area contributed by atoms with Crippen LogP contribution in [0.15, 0.2) is 41.3 Å². The Labute approximate surface area is 164 Å². The summed E-state index contributed by atoms with van der Waals surface area (Å²) in [6, 6.07) is 9.62. The number of rotatable bonds is 5. The Morgan fingerprint density at radius 3 is 2.29 bits per heavy atom. The molecule has 1 saturated heterocycles. The molecule has 1 fully saturated rings. The molecule has 0 saturated carbocycles. The van der Waals surface area contributed by atoms with Crippen LogP contribution in [0.3, 0.4) is 0 Å². The molecule has 1 heterocycles. The molecule has 0 spiro atoms. The van der Waals surface area contributed by atoms with Gasteiger partial charge in [0, 0.05) is 12.8 Å². The summed E-state index contributed by atoms with van der Waals surface area (Å²) in [5, 5.41) is 0. The van der Waals surface area contributed by atoms with Crippen molar-refractivity contribution in [3.05, 3.63) is 47.5 Å². The minimum absolute atomic E-state index is 0.123. The fraction of sp³-hybridized carbons (Fsp3) is 0.300. The molecule has 0 bridgehead atoms. The van der Waals surface area contributed by atoms with Gasteiger partial charge in [-0.2, -0.15) is 0 Å². The number of carbonyl (C=O) groups excluding carboxylic acids is 2. The summed E-state index contributed by atoms with van der Waals surface area (Å²) in [5.74, 6) is -0.558. The van der Waals surface area contributed by atoms with Gasteiger partial charge in [-0.1, -0.05) is 17.7 Å². The highest BCUT2D eigenvalue weighted by atomic mass is 32.2. The van der Waals surface area contributed by atoms with E-state index in [4.69, 9.17) is 4.74 Å². The smallest absolute Gasteiger partial charge is 0.265 e. The average molecular weight is 402 g/mol. The molecule has 2 amide bonds. The zero-order valence-corrected chi connectivity index (χ0v) is 16.8. The summed E-state index contributed by atoms with van der Waals surface area (Å²) in [5.41, 5.74) is 2.46. The van der Waals surface area contributed by atoms with E-state index >= 15 is 0 Å². The second-order valence-electron chi connectivity index (χ2n) is 6.74. The van der Waals surface area contributed by atoms with Gasteiger partial charge in [0.05, 0.1) is 18.5 Å². The first-order valence-corrected chi connectivity index (χ1v) is 10.3. The van der Waals surface area contributed by atoms with E-state index in [9.17, 15) is 18.0 Å². The summed E-state index contributed by atoms with van der Waals surface area (Å²) in [7, 11) is -2.65. The number of aryl methyl sites for hydroxylation is 2. The van der Waals surface area contributed by atoms with Gasteiger partial charge in [0.25, 0.3) is 10.0 Å². The molecule has 3 rings (SSSR count). The zero-order chi connectivity index (χ0) is 20.5. The molecule has 2 aromatic rings. The molecule has 2 aromatic carbocycles. The topological polar surface area (TPSA) is 92.8 Å². The molecule has 1 aliphatic rings. The van der Waals surface area contributed by atoms with Gasteiger partial charge < -0.3 is 4.74 Å². The first-order valence-electron chi connectivity index (χ1n) is 8.87. The summed E-state index contributed by atoms with van der Waals surface area (Å²) in [6.07, 6.45) is 1.01. The molecular formula is C20H22N2O5S. The van der Waals surface area contributed by atoms with Gasteiger partial charge in [0.15, 0.2) is 0 Å². The molecule has 0 atom stereocenters. The van der Waals surface area contributed by atoms with Crippen molar-refractivity contribution in [1.82, 2.24) is 0 Å². The number of carbonyl (C=O) groups is 2. The lowest BCUT2D eigenvalue weighted by Crippen LogP contribution is -2.40. The van der Waals surface area contributed by atoms with Gasteiger partial charge in [-0.3, -0.25) is 19.2 Å². The zero-order valence-electron chi connectivity index (χ0n) is 16.0. The molecule has 7 nitrogen and oxygen atoms in total. The van der Waals surface area contributed by atoms with Gasteiger partial charge in [-0.05, 0) is 50.1 Å². The number of amides is 2. The maximum absolute atomic E-state index is 13.0. The van der Waals surface area contributed by atoms with Crippen molar-refractivity contribution in [2.45, 2.75) is 38.0 Å². The highest BCUT2D eigenvalue weighted by Crippen LogP contribution is 2.32. The van der Waals surface area contributed by atoms with Crippen LogP contribution in [-0.4, -0.2) is 27.3 Å². The van der Waals surface area contributed by atoms with Crippen molar-refractivity contribution in [2.24, 2.45) is 0 Å². The second kappa shape index (κ2) is 7.63. The molecular weight excluding hydrogens is 380 g/mol. The fourth-order valence-corrected chi connectivity index (χ4v) is 4.50. The van der Waals surface area contributed by atoms with Crippen molar-refractivity contribution in [3.63, 3.8) is 0 Å². The van der Waals surface area contributed by atoms with Crippen LogP contribution in [0.5, 0.6) is 5.75 Å². The van der Waals surface area contributed by atoms with Crippen LogP contribution in [0, 0.1) is 13.8 Å². The number of anilines is 2.